The number of halogens is 1. The molecule has 0 aliphatic heterocycles. The van der Waals surface area contributed by atoms with Gasteiger partial charge in [0.15, 0.2) is 0 Å². The number of carbonyl (C=O) groups excluding carboxylic acids is 1. The van der Waals surface area contributed by atoms with Gasteiger partial charge in [-0.3, -0.25) is 4.79 Å². The highest BCUT2D eigenvalue weighted by Gasteiger charge is 2.33. The van der Waals surface area contributed by atoms with Gasteiger partial charge in [-0.05, 0) is 43.0 Å². The van der Waals surface area contributed by atoms with Crippen molar-refractivity contribution in [2.24, 2.45) is 0 Å². The summed E-state index contributed by atoms with van der Waals surface area (Å²) in [5, 5.41) is 14.5. The summed E-state index contributed by atoms with van der Waals surface area (Å²) in [6.45, 7) is 0. The van der Waals surface area contributed by atoms with Gasteiger partial charge in [0.2, 0.25) is 5.91 Å². The Hall–Kier alpha value is -2.28. The van der Waals surface area contributed by atoms with Gasteiger partial charge in [-0.2, -0.15) is 0 Å². The normalized spacial score (nSPS) is 22.2. The van der Waals surface area contributed by atoms with Crippen molar-refractivity contribution in [1.82, 2.24) is 5.32 Å². The molecule has 1 aliphatic rings. The molecule has 0 saturated heterocycles. The largest absolute Gasteiger partial charge is 0.378 e. The zero-order valence-corrected chi connectivity index (χ0v) is 15.3. The first-order valence-electron chi connectivity index (χ1n) is 8.87. The summed E-state index contributed by atoms with van der Waals surface area (Å²) in [6.07, 6.45) is 3.11. The smallest absolute Gasteiger partial charge is 0.224 e. The van der Waals surface area contributed by atoms with Gasteiger partial charge in [0.25, 0.3) is 0 Å². The van der Waals surface area contributed by atoms with Crippen LogP contribution in [0.5, 0.6) is 0 Å². The lowest BCUT2D eigenvalue weighted by Gasteiger charge is -2.33. The fourth-order valence-corrected chi connectivity index (χ4v) is 3.49. The molecule has 134 valence electrons. The fourth-order valence-electron chi connectivity index (χ4n) is 3.30. The number of hydrogen-bond donors (Lipinski definition) is 2. The summed E-state index contributed by atoms with van der Waals surface area (Å²) in [6, 6.07) is 16.9. The molecular formula is C22H22ClNO2. The van der Waals surface area contributed by atoms with Gasteiger partial charge < -0.3 is 10.4 Å². The first kappa shape index (κ1) is 18.5. The third-order valence-electron chi connectivity index (χ3n) is 4.56. The van der Waals surface area contributed by atoms with Gasteiger partial charge in [-0.25, -0.2) is 0 Å². The first-order chi connectivity index (χ1) is 12.5. The number of hydrogen-bond acceptors (Lipinski definition) is 2. The Morgan fingerprint density at radius 1 is 1.23 bits per heavy atom. The van der Waals surface area contributed by atoms with Crippen LogP contribution < -0.4 is 5.32 Å². The van der Waals surface area contributed by atoms with Crippen molar-refractivity contribution in [3.63, 3.8) is 0 Å². The van der Waals surface area contributed by atoms with Crippen molar-refractivity contribution in [1.29, 1.82) is 0 Å². The van der Waals surface area contributed by atoms with Crippen LogP contribution >= 0.6 is 11.6 Å². The third kappa shape index (κ3) is 5.36. The lowest BCUT2D eigenvalue weighted by atomic mass is 9.82. The average molecular weight is 368 g/mol. The van der Waals surface area contributed by atoms with E-state index in [4.69, 9.17) is 11.6 Å². The van der Waals surface area contributed by atoms with Crippen molar-refractivity contribution >= 4 is 17.5 Å². The van der Waals surface area contributed by atoms with Crippen LogP contribution in [0.15, 0.2) is 54.6 Å². The van der Waals surface area contributed by atoms with Crippen LogP contribution in [0.1, 0.15) is 36.8 Å². The zero-order valence-electron chi connectivity index (χ0n) is 14.5. The number of aliphatic hydroxyl groups is 1. The molecule has 2 N–H and O–H groups in total. The Kier molecular flexibility index (Phi) is 5.98. The molecule has 0 heterocycles. The molecule has 2 aromatic rings. The summed E-state index contributed by atoms with van der Waals surface area (Å²) >= 11 is 5.97. The van der Waals surface area contributed by atoms with E-state index in [1.54, 1.807) is 12.1 Å². The lowest BCUT2D eigenvalue weighted by Crippen LogP contribution is -2.45. The molecule has 0 bridgehead atoms. The topological polar surface area (TPSA) is 49.3 Å². The van der Waals surface area contributed by atoms with E-state index in [9.17, 15) is 9.90 Å². The van der Waals surface area contributed by atoms with Crippen LogP contribution in [0.3, 0.4) is 0 Å². The fraction of sp³-hybridized carbons (Fsp3) is 0.318. The molecule has 0 aromatic heterocycles. The van der Waals surface area contributed by atoms with Gasteiger partial charge in [0, 0.05) is 23.0 Å². The maximum Gasteiger partial charge on any atom is 0.224 e. The molecule has 1 fully saturated rings. The number of amides is 1. The van der Waals surface area contributed by atoms with E-state index >= 15 is 0 Å². The Balaban J connectivity index is 1.60. The van der Waals surface area contributed by atoms with Crippen LogP contribution in [0, 0.1) is 11.8 Å². The summed E-state index contributed by atoms with van der Waals surface area (Å²) in [7, 11) is 0. The molecule has 2 aromatic carbocycles. The summed E-state index contributed by atoms with van der Waals surface area (Å²) < 4.78 is 0. The predicted molar refractivity (Wildman–Crippen MR) is 104 cm³/mol. The maximum atomic E-state index is 12.3. The molecule has 2 unspecified atom stereocenters. The van der Waals surface area contributed by atoms with Crippen LogP contribution in [-0.2, 0) is 11.2 Å². The molecule has 1 amide bonds. The minimum Gasteiger partial charge on any atom is -0.378 e. The maximum absolute atomic E-state index is 12.3. The molecule has 26 heavy (non-hydrogen) atoms. The second-order valence-electron chi connectivity index (χ2n) is 6.82. The van der Waals surface area contributed by atoms with Gasteiger partial charge in [-0.1, -0.05) is 59.8 Å². The molecule has 1 saturated carbocycles. The van der Waals surface area contributed by atoms with E-state index in [-0.39, 0.29) is 11.9 Å². The van der Waals surface area contributed by atoms with Gasteiger partial charge in [0.1, 0.15) is 5.60 Å². The number of rotatable bonds is 3. The quantitative estimate of drug-likeness (QED) is 0.812. The minimum atomic E-state index is -1.08. The highest BCUT2D eigenvalue weighted by Crippen LogP contribution is 2.28. The van der Waals surface area contributed by atoms with Gasteiger partial charge in [0.05, 0.1) is 6.42 Å². The second-order valence-corrected chi connectivity index (χ2v) is 7.25. The Morgan fingerprint density at radius 2 is 2.04 bits per heavy atom. The van der Waals surface area contributed by atoms with E-state index in [0.29, 0.717) is 24.3 Å². The third-order valence-corrected chi connectivity index (χ3v) is 4.80. The molecule has 1 aliphatic carbocycles. The van der Waals surface area contributed by atoms with E-state index in [1.165, 1.54) is 0 Å². The molecule has 4 heteroatoms. The first-order valence-corrected chi connectivity index (χ1v) is 9.25. The molecule has 0 spiro atoms. The van der Waals surface area contributed by atoms with Crippen LogP contribution in [0.25, 0.3) is 0 Å². The highest BCUT2D eigenvalue weighted by molar-refractivity contribution is 6.30. The predicted octanol–water partition coefficient (Wildman–Crippen LogP) is 3.72. The van der Waals surface area contributed by atoms with E-state index < -0.39 is 5.60 Å². The second kappa shape index (κ2) is 8.40. The number of nitrogens with one attached hydrogen (secondary N) is 1. The molecule has 2 atom stereocenters. The Labute approximate surface area is 159 Å². The number of benzene rings is 2. The van der Waals surface area contributed by atoms with Crippen molar-refractivity contribution in [3.8, 4) is 11.8 Å². The SMILES string of the molecule is O=C(Cc1ccccc1)NC1CCCC(O)(C#Cc2cccc(Cl)c2)C1. The van der Waals surface area contributed by atoms with Gasteiger partial charge >= 0.3 is 0 Å². The average Bonchev–Trinajstić information content (AvgIpc) is 2.61. The highest BCUT2D eigenvalue weighted by atomic mass is 35.5. The summed E-state index contributed by atoms with van der Waals surface area (Å²) in [5.74, 6) is 5.98. The Morgan fingerprint density at radius 3 is 2.81 bits per heavy atom. The number of carbonyl (C=O) groups is 1. The monoisotopic (exact) mass is 367 g/mol. The zero-order chi connectivity index (χ0) is 18.4. The van der Waals surface area contributed by atoms with Crippen molar-refractivity contribution in [3.05, 3.63) is 70.7 Å². The van der Waals surface area contributed by atoms with Crippen LogP contribution in [0.2, 0.25) is 5.02 Å². The molecule has 3 nitrogen and oxygen atoms in total. The molecule has 0 radical (unpaired) electrons. The van der Waals surface area contributed by atoms with E-state index in [1.807, 2.05) is 42.5 Å². The van der Waals surface area contributed by atoms with Crippen LogP contribution in [0.4, 0.5) is 0 Å². The molecular weight excluding hydrogens is 346 g/mol. The molecule has 3 rings (SSSR count). The summed E-state index contributed by atoms with van der Waals surface area (Å²) in [5.41, 5.74) is 0.684. The van der Waals surface area contributed by atoms with Gasteiger partial charge in [-0.15, -0.1) is 0 Å². The summed E-state index contributed by atoms with van der Waals surface area (Å²) in [4.78, 5) is 12.3. The van der Waals surface area contributed by atoms with Crippen molar-refractivity contribution in [2.75, 3.05) is 0 Å². The van der Waals surface area contributed by atoms with Crippen molar-refractivity contribution in [2.45, 2.75) is 43.7 Å². The van der Waals surface area contributed by atoms with Crippen molar-refractivity contribution < 1.29 is 9.90 Å². The Bertz CT molecular complexity index is 825. The van der Waals surface area contributed by atoms with Crippen LogP contribution in [-0.4, -0.2) is 22.7 Å². The van der Waals surface area contributed by atoms with E-state index in [2.05, 4.69) is 17.2 Å². The minimum absolute atomic E-state index is 0.0201. The van der Waals surface area contributed by atoms with E-state index in [0.717, 1.165) is 24.0 Å². The lowest BCUT2D eigenvalue weighted by molar-refractivity contribution is -0.121. The standard InChI is InChI=1S/C22H22ClNO2/c23-19-9-4-8-18(14-19)11-13-22(26)12-5-10-20(16-22)24-21(25)15-17-6-2-1-3-7-17/h1-4,6-9,14,20,26H,5,10,12,15-16H2,(H,24,25).